The molecule has 0 aliphatic carbocycles. The van der Waals surface area contributed by atoms with E-state index in [4.69, 9.17) is 33.4 Å². The zero-order valence-electron chi connectivity index (χ0n) is 31.6. The Kier molecular flexibility index (Phi) is 16.8. The molecule has 1 aliphatic rings. The zero-order chi connectivity index (χ0) is 35.9. The summed E-state index contributed by atoms with van der Waals surface area (Å²) in [5, 5.41) is 3.51. The fourth-order valence-electron chi connectivity index (χ4n) is 6.75. The molecule has 0 amide bonds. The zero-order valence-corrected chi connectivity index (χ0v) is 34.9. The Morgan fingerprint density at radius 2 is 1.22 bits per heavy atom. The lowest BCUT2D eigenvalue weighted by molar-refractivity contribution is 0.201. The first-order valence-corrected chi connectivity index (χ1v) is 17.8. The third kappa shape index (κ3) is 9.75. The summed E-state index contributed by atoms with van der Waals surface area (Å²) in [5.41, 5.74) is 7.22. The van der Waals surface area contributed by atoms with E-state index in [1.807, 2.05) is 48.0 Å². The van der Waals surface area contributed by atoms with Crippen molar-refractivity contribution in [2.45, 2.75) is 38.9 Å². The molecule has 1 aliphatic heterocycles. The van der Waals surface area contributed by atoms with Crippen LogP contribution < -0.4 is 33.3 Å². The van der Waals surface area contributed by atoms with Crippen LogP contribution in [-0.4, -0.2) is 76.7 Å². The van der Waals surface area contributed by atoms with E-state index in [9.17, 15) is 0 Å². The molecular weight excluding hydrogens is 771 g/mol. The van der Waals surface area contributed by atoms with Crippen LogP contribution in [0.15, 0.2) is 72.4 Å². The molecule has 3 aromatic heterocycles. The quantitative estimate of drug-likeness (QED) is 0.108. The SMILES string of the molecule is COc1cc(-c2ccc(CN(c3sccc3C)C3CCN(Cc4ccnc(-c5cc(OC)c(OC)c(OC)c5)c4)CC3)cn2)cc(OC)c1OC.Cl.Cl.Cl. The van der Waals surface area contributed by atoms with E-state index in [0.29, 0.717) is 40.5 Å². The maximum Gasteiger partial charge on any atom is 0.203 e. The number of rotatable bonds is 14. The molecule has 0 spiro atoms. The molecule has 10 nitrogen and oxygen atoms in total. The number of likely N-dealkylation sites (tertiary alicyclic amines) is 1. The van der Waals surface area contributed by atoms with Crippen LogP contribution in [0.25, 0.3) is 22.5 Å². The third-order valence-corrected chi connectivity index (χ3v) is 10.5. The molecule has 0 atom stereocenters. The van der Waals surface area contributed by atoms with Gasteiger partial charge < -0.3 is 33.3 Å². The fourth-order valence-corrected chi connectivity index (χ4v) is 7.75. The molecule has 14 heteroatoms. The Labute approximate surface area is 341 Å². The van der Waals surface area contributed by atoms with Crippen LogP contribution >= 0.6 is 48.6 Å². The number of benzene rings is 2. The van der Waals surface area contributed by atoms with Crippen LogP contribution in [-0.2, 0) is 13.1 Å². The second kappa shape index (κ2) is 20.5. The topological polar surface area (TPSA) is 87.6 Å². The lowest BCUT2D eigenvalue weighted by Gasteiger charge is -2.39. The second-order valence-corrected chi connectivity index (χ2v) is 13.4. The highest BCUT2D eigenvalue weighted by Gasteiger charge is 2.27. The predicted octanol–water partition coefficient (Wildman–Crippen LogP) is 9.17. The number of anilines is 1. The van der Waals surface area contributed by atoms with Crippen LogP contribution in [0.1, 0.15) is 29.5 Å². The lowest BCUT2D eigenvalue weighted by atomic mass is 10.0. The van der Waals surface area contributed by atoms with Crippen molar-refractivity contribution in [3.05, 3.63) is 89.1 Å². The van der Waals surface area contributed by atoms with Gasteiger partial charge in [-0.15, -0.1) is 48.6 Å². The van der Waals surface area contributed by atoms with Gasteiger partial charge in [-0.1, -0.05) is 6.07 Å². The van der Waals surface area contributed by atoms with E-state index < -0.39 is 0 Å². The van der Waals surface area contributed by atoms with Gasteiger partial charge >= 0.3 is 0 Å². The van der Waals surface area contributed by atoms with Gasteiger partial charge in [0.05, 0.1) is 59.0 Å². The summed E-state index contributed by atoms with van der Waals surface area (Å²) in [6, 6.07) is 18.9. The van der Waals surface area contributed by atoms with Crippen molar-refractivity contribution in [3.8, 4) is 57.0 Å². The average molecular weight is 820 g/mol. The second-order valence-electron chi connectivity index (χ2n) is 12.5. The number of ether oxygens (including phenoxy) is 6. The number of nitrogens with zero attached hydrogens (tertiary/aromatic N) is 4. The van der Waals surface area contributed by atoms with Crippen LogP contribution in [0.3, 0.4) is 0 Å². The number of aryl methyl sites for hydroxylation is 1. The standard InChI is InChI=1S/C40H46N4O6S.3ClH/c1-26-13-17-51-40(26)44(25-28-8-9-32(42-23-28)29-19-34(45-2)38(49-6)35(20-29)46-3)31-11-15-43(16-12-31)24-27-10-14-41-33(18-27)30-21-36(47-4)39(50-7)37(22-30)48-5;;;/h8-10,13-14,17-23,31H,11-12,15-16,24-25H2,1-7H3;3*1H. The Morgan fingerprint density at radius 1 is 0.667 bits per heavy atom. The molecule has 2 aromatic carbocycles. The monoisotopic (exact) mass is 818 g/mol. The molecule has 6 rings (SSSR count). The minimum atomic E-state index is 0. The molecule has 292 valence electrons. The van der Waals surface area contributed by atoms with Gasteiger partial charge in [0, 0.05) is 55.7 Å². The van der Waals surface area contributed by atoms with Crippen LogP contribution in [0.4, 0.5) is 5.00 Å². The maximum absolute atomic E-state index is 5.58. The molecule has 0 bridgehead atoms. The summed E-state index contributed by atoms with van der Waals surface area (Å²) in [6.07, 6.45) is 6.00. The lowest BCUT2D eigenvalue weighted by Crippen LogP contribution is -2.44. The van der Waals surface area contributed by atoms with Crippen LogP contribution in [0.2, 0.25) is 0 Å². The number of halogens is 3. The molecule has 54 heavy (non-hydrogen) atoms. The number of piperidine rings is 1. The van der Waals surface area contributed by atoms with E-state index in [1.165, 1.54) is 16.1 Å². The van der Waals surface area contributed by atoms with Crippen molar-refractivity contribution in [2.24, 2.45) is 0 Å². The minimum absolute atomic E-state index is 0. The van der Waals surface area contributed by atoms with Gasteiger partial charge in [0.15, 0.2) is 23.0 Å². The summed E-state index contributed by atoms with van der Waals surface area (Å²) in [4.78, 5) is 14.7. The molecule has 0 unspecified atom stereocenters. The third-order valence-electron chi connectivity index (χ3n) is 9.42. The van der Waals surface area contributed by atoms with Crippen LogP contribution in [0, 0.1) is 6.92 Å². The van der Waals surface area contributed by atoms with Gasteiger partial charge in [0.1, 0.15) is 0 Å². The summed E-state index contributed by atoms with van der Waals surface area (Å²) in [6.45, 7) is 5.86. The summed E-state index contributed by atoms with van der Waals surface area (Å²) < 4.78 is 33.3. The number of aromatic nitrogens is 2. The first kappa shape index (κ1) is 44.3. The van der Waals surface area contributed by atoms with E-state index in [1.54, 1.807) is 42.7 Å². The molecule has 0 saturated carbocycles. The van der Waals surface area contributed by atoms with Crippen molar-refractivity contribution in [1.82, 2.24) is 14.9 Å². The normalized spacial score (nSPS) is 12.7. The van der Waals surface area contributed by atoms with Gasteiger partial charge in [-0.05, 0) is 90.4 Å². The number of pyridine rings is 2. The van der Waals surface area contributed by atoms with E-state index in [0.717, 1.165) is 67.1 Å². The predicted molar refractivity (Wildman–Crippen MR) is 224 cm³/mol. The van der Waals surface area contributed by atoms with Crippen LogP contribution in [0.5, 0.6) is 34.5 Å². The first-order chi connectivity index (χ1) is 24.9. The molecule has 1 fully saturated rings. The van der Waals surface area contributed by atoms with Gasteiger partial charge in [0.25, 0.3) is 0 Å². The molecule has 4 heterocycles. The van der Waals surface area contributed by atoms with Crippen molar-refractivity contribution in [2.75, 3.05) is 60.6 Å². The Hall–Kier alpha value is -4.13. The molecule has 0 N–H and O–H groups in total. The van der Waals surface area contributed by atoms with Crippen molar-refractivity contribution < 1.29 is 28.4 Å². The number of methoxy groups -OCH3 is 6. The highest BCUT2D eigenvalue weighted by Crippen LogP contribution is 2.42. The Bertz CT molecular complexity index is 1890. The maximum atomic E-state index is 5.58. The summed E-state index contributed by atoms with van der Waals surface area (Å²) in [7, 11) is 9.71. The highest BCUT2D eigenvalue weighted by atomic mass is 35.5. The van der Waals surface area contributed by atoms with Gasteiger partial charge in [0.2, 0.25) is 11.5 Å². The summed E-state index contributed by atoms with van der Waals surface area (Å²) in [5.74, 6) is 3.56. The smallest absolute Gasteiger partial charge is 0.203 e. The number of hydrogen-bond donors (Lipinski definition) is 0. The molecule has 5 aromatic rings. The van der Waals surface area contributed by atoms with Crippen molar-refractivity contribution in [3.63, 3.8) is 0 Å². The minimum Gasteiger partial charge on any atom is -0.493 e. The number of thiophene rings is 1. The van der Waals surface area contributed by atoms with Gasteiger partial charge in [-0.25, -0.2) is 0 Å². The number of hydrogen-bond acceptors (Lipinski definition) is 11. The fraction of sp³-hybridized carbons (Fsp3) is 0.350. The van der Waals surface area contributed by atoms with Gasteiger partial charge in [-0.2, -0.15) is 0 Å². The van der Waals surface area contributed by atoms with E-state index in [-0.39, 0.29) is 37.2 Å². The molecule has 1 saturated heterocycles. The largest absolute Gasteiger partial charge is 0.493 e. The molecule has 0 radical (unpaired) electrons. The highest BCUT2D eigenvalue weighted by molar-refractivity contribution is 7.14. The average Bonchev–Trinajstić information content (AvgIpc) is 3.61. The van der Waals surface area contributed by atoms with E-state index >= 15 is 0 Å². The Balaban J connectivity index is 0.00000261. The van der Waals surface area contributed by atoms with Gasteiger partial charge in [-0.3, -0.25) is 14.9 Å². The summed E-state index contributed by atoms with van der Waals surface area (Å²) >= 11 is 1.81. The van der Waals surface area contributed by atoms with E-state index in [2.05, 4.69) is 57.4 Å². The Morgan fingerprint density at radius 3 is 1.69 bits per heavy atom. The molecular formula is C40H49Cl3N4O6S. The van der Waals surface area contributed by atoms with Crippen molar-refractivity contribution >= 4 is 53.6 Å². The first-order valence-electron chi connectivity index (χ1n) is 16.9. The van der Waals surface area contributed by atoms with Crippen molar-refractivity contribution in [1.29, 1.82) is 0 Å².